The van der Waals surface area contributed by atoms with Crippen LogP contribution in [0.25, 0.3) is 0 Å². The third-order valence-electron chi connectivity index (χ3n) is 6.39. The summed E-state index contributed by atoms with van der Waals surface area (Å²) in [6.45, 7) is 9.47. The third kappa shape index (κ3) is 5.77. The molecule has 1 aliphatic carbocycles. The third-order valence-corrected chi connectivity index (χ3v) is 6.98. The number of rotatable bonds is 11. The van der Waals surface area contributed by atoms with Gasteiger partial charge in [-0.1, -0.05) is 49.3 Å². The van der Waals surface area contributed by atoms with Gasteiger partial charge in [0.15, 0.2) is 17.6 Å². The number of hydrogen-bond donors (Lipinski definition) is 1. The lowest BCUT2D eigenvalue weighted by Gasteiger charge is -2.24. The van der Waals surface area contributed by atoms with Crippen molar-refractivity contribution in [1.82, 2.24) is 4.83 Å². The van der Waals surface area contributed by atoms with Gasteiger partial charge in [-0.05, 0) is 50.9 Å². The average Bonchev–Trinajstić information content (AvgIpc) is 3.26. The lowest BCUT2D eigenvalue weighted by atomic mass is 9.78. The van der Waals surface area contributed by atoms with Crippen LogP contribution in [0.5, 0.6) is 11.7 Å². The van der Waals surface area contributed by atoms with E-state index in [4.69, 9.17) is 14.0 Å². The van der Waals surface area contributed by atoms with Crippen molar-refractivity contribution in [2.45, 2.75) is 65.8 Å². The number of furan rings is 1. The molecule has 1 heterocycles. The molecule has 0 fully saturated rings. The SMILES string of the molecule is CCOC(=O)C(C)N(Oc1ccccc1CC(C)=CCC1=C(CC)C(C)c2coc(O)c2C1=O)P=O. The Hall–Kier alpha value is -3.22. The Balaban J connectivity index is 1.79. The summed E-state index contributed by atoms with van der Waals surface area (Å²) >= 11 is 0. The van der Waals surface area contributed by atoms with Gasteiger partial charge in [0.05, 0.1) is 12.9 Å². The van der Waals surface area contributed by atoms with Gasteiger partial charge in [-0.15, -0.1) is 0 Å². The molecule has 0 bridgehead atoms. The van der Waals surface area contributed by atoms with Crippen molar-refractivity contribution in [2.24, 2.45) is 0 Å². The van der Waals surface area contributed by atoms with E-state index in [1.807, 2.05) is 39.0 Å². The largest absolute Gasteiger partial charge is 0.480 e. The van der Waals surface area contributed by atoms with Crippen LogP contribution in [0.4, 0.5) is 0 Å². The fourth-order valence-electron chi connectivity index (χ4n) is 4.40. The Morgan fingerprint density at radius 1 is 1.31 bits per heavy atom. The van der Waals surface area contributed by atoms with Crippen molar-refractivity contribution in [3.63, 3.8) is 0 Å². The average molecular weight is 514 g/mol. The number of benzene rings is 1. The molecular formula is C27H32NO7P. The van der Waals surface area contributed by atoms with E-state index >= 15 is 0 Å². The second-order valence-electron chi connectivity index (χ2n) is 8.72. The number of carbonyl (C=O) groups is 2. The molecular weight excluding hydrogens is 481 g/mol. The van der Waals surface area contributed by atoms with Crippen LogP contribution in [0, 0.1) is 0 Å². The summed E-state index contributed by atoms with van der Waals surface area (Å²) in [7, 11) is -0.472. The maximum atomic E-state index is 13.2. The van der Waals surface area contributed by atoms with Gasteiger partial charge in [0.25, 0.3) is 14.6 Å². The van der Waals surface area contributed by atoms with Crippen LogP contribution < -0.4 is 4.84 Å². The standard InChI is InChI=1S/C27H32NO7P/c1-6-20-17(4)22-15-34-27(31)24(22)25(29)21(20)13-12-16(3)14-19-10-8-9-11-23(19)35-28(36-32)18(5)26(30)33-7-2/h8-12,15,17-18,31H,6-7,13-14H2,1-5H3. The van der Waals surface area contributed by atoms with Gasteiger partial charge < -0.3 is 19.1 Å². The molecule has 1 N–H and O–H groups in total. The molecule has 9 heteroatoms. The molecule has 2 atom stereocenters. The monoisotopic (exact) mass is 513 g/mol. The molecule has 0 radical (unpaired) electrons. The highest BCUT2D eigenvalue weighted by Crippen LogP contribution is 2.43. The van der Waals surface area contributed by atoms with Crippen LogP contribution in [-0.2, 0) is 20.5 Å². The van der Waals surface area contributed by atoms with Crippen LogP contribution in [0.3, 0.4) is 0 Å². The second kappa shape index (κ2) is 12.2. The molecule has 0 saturated carbocycles. The van der Waals surface area contributed by atoms with Crippen LogP contribution in [-0.4, -0.2) is 34.3 Å². The smallest absolute Gasteiger partial charge is 0.327 e. The maximum absolute atomic E-state index is 13.2. The van der Waals surface area contributed by atoms with E-state index < -0.39 is 20.6 Å². The Morgan fingerprint density at radius 3 is 2.69 bits per heavy atom. The molecule has 1 aromatic heterocycles. The zero-order valence-corrected chi connectivity index (χ0v) is 22.1. The number of fused-ring (bicyclic) bond motifs is 1. The molecule has 2 unspecified atom stereocenters. The quantitative estimate of drug-likeness (QED) is 0.161. The molecule has 0 spiro atoms. The number of nitrogens with zero attached hydrogens (tertiary/aromatic N) is 1. The van der Waals surface area contributed by atoms with E-state index in [-0.39, 0.29) is 29.8 Å². The summed E-state index contributed by atoms with van der Waals surface area (Å²) in [4.78, 5) is 32.1. The van der Waals surface area contributed by atoms with Gasteiger partial charge in [0.2, 0.25) is 0 Å². The molecule has 36 heavy (non-hydrogen) atoms. The number of carbonyl (C=O) groups excluding carboxylic acids is 2. The minimum Gasteiger partial charge on any atom is -0.480 e. The maximum Gasteiger partial charge on any atom is 0.327 e. The molecule has 8 nitrogen and oxygen atoms in total. The first-order valence-electron chi connectivity index (χ1n) is 12.0. The summed E-state index contributed by atoms with van der Waals surface area (Å²) in [6, 6.07) is 6.43. The molecule has 3 rings (SSSR count). The zero-order valence-electron chi connectivity index (χ0n) is 21.2. The predicted octanol–water partition coefficient (Wildman–Crippen LogP) is 6.32. The summed E-state index contributed by atoms with van der Waals surface area (Å²) in [6.07, 6.45) is 5.13. The number of allylic oxidation sites excluding steroid dienone is 4. The van der Waals surface area contributed by atoms with Gasteiger partial charge in [-0.25, -0.2) is 0 Å². The first-order valence-corrected chi connectivity index (χ1v) is 12.8. The van der Waals surface area contributed by atoms with Crippen LogP contribution in [0.2, 0.25) is 0 Å². The number of para-hydroxylation sites is 1. The zero-order chi connectivity index (χ0) is 26.4. The Labute approximate surface area is 212 Å². The fourth-order valence-corrected chi connectivity index (χ4v) is 4.76. The van der Waals surface area contributed by atoms with Crippen LogP contribution in [0.15, 0.2) is 57.7 Å². The van der Waals surface area contributed by atoms with Gasteiger partial charge in [-0.3, -0.25) is 14.2 Å². The highest BCUT2D eigenvalue weighted by atomic mass is 31.1. The van der Waals surface area contributed by atoms with E-state index in [1.54, 1.807) is 26.0 Å². The summed E-state index contributed by atoms with van der Waals surface area (Å²) in [5.74, 6) is -0.609. The van der Waals surface area contributed by atoms with E-state index in [0.29, 0.717) is 24.2 Å². The summed E-state index contributed by atoms with van der Waals surface area (Å²) in [5, 5.41) is 10.1. The number of Topliss-reactive ketones (excluding diaryl/α,β-unsaturated/α-hetero) is 1. The normalized spacial score (nSPS) is 16.9. The van der Waals surface area contributed by atoms with Crippen LogP contribution >= 0.6 is 8.61 Å². The highest BCUT2D eigenvalue weighted by molar-refractivity contribution is 7.20. The van der Waals surface area contributed by atoms with Gasteiger partial charge in [0, 0.05) is 22.6 Å². The number of hydroxylamine groups is 1. The highest BCUT2D eigenvalue weighted by Gasteiger charge is 2.34. The van der Waals surface area contributed by atoms with Crippen LogP contribution in [0.1, 0.15) is 74.9 Å². The van der Waals surface area contributed by atoms with Crippen molar-refractivity contribution in [1.29, 1.82) is 0 Å². The fraction of sp³-hybridized carbons (Fsp3) is 0.407. The lowest BCUT2D eigenvalue weighted by Crippen LogP contribution is -2.36. The van der Waals surface area contributed by atoms with E-state index in [9.17, 15) is 19.3 Å². The molecule has 2 aromatic rings. The lowest BCUT2D eigenvalue weighted by molar-refractivity contribution is -0.153. The minimum atomic E-state index is -0.864. The molecule has 0 saturated heterocycles. The number of hydrogen-bond acceptors (Lipinski definition) is 7. The van der Waals surface area contributed by atoms with Gasteiger partial charge >= 0.3 is 5.97 Å². The first-order chi connectivity index (χ1) is 17.2. The number of ketones is 1. The van der Waals surface area contributed by atoms with Crippen molar-refractivity contribution >= 4 is 20.4 Å². The summed E-state index contributed by atoms with van der Waals surface area (Å²) in [5.41, 5.74) is 4.54. The van der Waals surface area contributed by atoms with Gasteiger partial charge in [0.1, 0.15) is 5.56 Å². The van der Waals surface area contributed by atoms with E-state index in [2.05, 4.69) is 0 Å². The van der Waals surface area contributed by atoms with Crippen molar-refractivity contribution < 1.29 is 33.3 Å². The van der Waals surface area contributed by atoms with E-state index in [1.165, 1.54) is 6.26 Å². The molecule has 192 valence electrons. The van der Waals surface area contributed by atoms with Crippen molar-refractivity contribution in [2.75, 3.05) is 6.61 Å². The summed E-state index contributed by atoms with van der Waals surface area (Å²) < 4.78 is 21.8. The number of aromatic hydroxyl groups is 1. The van der Waals surface area contributed by atoms with Crippen molar-refractivity contribution in [3.8, 4) is 11.7 Å². The predicted molar refractivity (Wildman–Crippen MR) is 135 cm³/mol. The van der Waals surface area contributed by atoms with Crippen molar-refractivity contribution in [3.05, 3.63) is 70.0 Å². The van der Waals surface area contributed by atoms with E-state index in [0.717, 1.165) is 33.5 Å². The first kappa shape index (κ1) is 27.4. The Bertz CT molecular complexity index is 1200. The molecule has 0 aliphatic heterocycles. The molecule has 1 aromatic carbocycles. The minimum absolute atomic E-state index is 0.0104. The number of ether oxygens (including phenoxy) is 1. The second-order valence-corrected chi connectivity index (χ2v) is 9.28. The topological polar surface area (TPSA) is 106 Å². The molecule has 0 amide bonds. The number of esters is 1. The van der Waals surface area contributed by atoms with Gasteiger partial charge in [-0.2, -0.15) is 0 Å². The molecule has 1 aliphatic rings. The Morgan fingerprint density at radius 2 is 2.03 bits per heavy atom. The Kier molecular flexibility index (Phi) is 9.24.